The van der Waals surface area contributed by atoms with E-state index in [1.54, 1.807) is 23.1 Å². The van der Waals surface area contributed by atoms with Crippen molar-refractivity contribution in [3.05, 3.63) is 23.8 Å². The normalized spacial score (nSPS) is 18.8. The van der Waals surface area contributed by atoms with Crippen molar-refractivity contribution in [1.29, 1.82) is 5.26 Å². The van der Waals surface area contributed by atoms with Gasteiger partial charge < -0.3 is 10.6 Å². The van der Waals surface area contributed by atoms with Crippen molar-refractivity contribution in [3.63, 3.8) is 0 Å². The van der Waals surface area contributed by atoms with Crippen molar-refractivity contribution in [3.8, 4) is 6.07 Å². The van der Waals surface area contributed by atoms with Gasteiger partial charge in [0.05, 0.1) is 11.3 Å². The van der Waals surface area contributed by atoms with E-state index in [1.165, 1.54) is 0 Å². The lowest BCUT2D eigenvalue weighted by Crippen LogP contribution is -2.39. The maximum Gasteiger partial charge on any atom is 0.251 e. The Morgan fingerprint density at radius 2 is 1.94 bits per heavy atom. The third kappa shape index (κ3) is 2.47. The Morgan fingerprint density at radius 3 is 2.53 bits per heavy atom. The summed E-state index contributed by atoms with van der Waals surface area (Å²) < 4.78 is 26.1. The van der Waals surface area contributed by atoms with E-state index in [4.69, 9.17) is 11.0 Å². The van der Waals surface area contributed by atoms with Gasteiger partial charge in [0.1, 0.15) is 6.07 Å². The van der Waals surface area contributed by atoms with Gasteiger partial charge >= 0.3 is 0 Å². The minimum Gasteiger partial charge on any atom is -0.399 e. The summed E-state index contributed by atoms with van der Waals surface area (Å²) >= 11 is 0. The van der Waals surface area contributed by atoms with Crippen LogP contribution < -0.4 is 10.6 Å². The monoisotopic (exact) mass is 237 g/mol. The highest BCUT2D eigenvalue weighted by molar-refractivity contribution is 5.65. The molecule has 1 fully saturated rings. The summed E-state index contributed by atoms with van der Waals surface area (Å²) in [7, 11) is 0. The van der Waals surface area contributed by atoms with Crippen molar-refractivity contribution in [2.24, 2.45) is 0 Å². The molecule has 1 aromatic rings. The molecule has 1 saturated heterocycles. The number of hydrogen-bond donors (Lipinski definition) is 1. The molecule has 17 heavy (non-hydrogen) atoms. The summed E-state index contributed by atoms with van der Waals surface area (Å²) in [5, 5.41) is 8.98. The quantitative estimate of drug-likeness (QED) is 0.763. The second-order valence-corrected chi connectivity index (χ2v) is 4.23. The molecule has 0 amide bonds. The molecule has 2 N–H and O–H groups in total. The van der Waals surface area contributed by atoms with Crippen LogP contribution in [0, 0.1) is 11.3 Å². The molecule has 0 atom stereocenters. The van der Waals surface area contributed by atoms with E-state index in [9.17, 15) is 8.78 Å². The third-order valence-electron chi connectivity index (χ3n) is 2.98. The van der Waals surface area contributed by atoms with Crippen molar-refractivity contribution in [2.45, 2.75) is 18.8 Å². The summed E-state index contributed by atoms with van der Waals surface area (Å²) in [6, 6.07) is 6.99. The smallest absolute Gasteiger partial charge is 0.251 e. The molecule has 90 valence electrons. The molecular formula is C12H13F2N3. The van der Waals surface area contributed by atoms with E-state index in [2.05, 4.69) is 6.07 Å². The van der Waals surface area contributed by atoms with Crippen LogP contribution in [0.1, 0.15) is 18.4 Å². The number of rotatable bonds is 1. The SMILES string of the molecule is N#Cc1ccc(N)cc1N1CCC(F)(F)CC1. The molecule has 5 heteroatoms. The van der Waals surface area contributed by atoms with Crippen LogP contribution in [0.5, 0.6) is 0 Å². The summed E-state index contributed by atoms with van der Waals surface area (Å²) in [5.74, 6) is -2.58. The molecule has 1 aliphatic heterocycles. The van der Waals surface area contributed by atoms with Gasteiger partial charge in [0.2, 0.25) is 0 Å². The zero-order valence-electron chi connectivity index (χ0n) is 9.29. The average Bonchev–Trinajstić information content (AvgIpc) is 2.29. The highest BCUT2D eigenvalue weighted by Crippen LogP contribution is 2.32. The van der Waals surface area contributed by atoms with Crippen LogP contribution in [0.25, 0.3) is 0 Å². The molecule has 0 aliphatic carbocycles. The van der Waals surface area contributed by atoms with Gasteiger partial charge in [-0.25, -0.2) is 8.78 Å². The van der Waals surface area contributed by atoms with Crippen molar-refractivity contribution < 1.29 is 8.78 Å². The predicted molar refractivity (Wildman–Crippen MR) is 62.0 cm³/mol. The Morgan fingerprint density at radius 1 is 1.29 bits per heavy atom. The summed E-state index contributed by atoms with van der Waals surface area (Å²) in [4.78, 5) is 1.80. The van der Waals surface area contributed by atoms with Gasteiger partial charge in [-0.15, -0.1) is 0 Å². The molecule has 0 saturated carbocycles. The second-order valence-electron chi connectivity index (χ2n) is 4.23. The number of nitrogens with two attached hydrogens (primary N) is 1. The first-order valence-electron chi connectivity index (χ1n) is 5.44. The molecule has 1 heterocycles. The Labute approximate surface area is 98.4 Å². The summed E-state index contributed by atoms with van der Waals surface area (Å²) in [6.45, 7) is 0.510. The number of nitrogen functional groups attached to an aromatic ring is 1. The predicted octanol–water partition coefficient (Wildman–Crippen LogP) is 2.38. The van der Waals surface area contributed by atoms with Gasteiger partial charge in [-0.1, -0.05) is 0 Å². The number of anilines is 2. The number of benzene rings is 1. The first-order chi connectivity index (χ1) is 8.02. The van der Waals surface area contributed by atoms with Crippen molar-refractivity contribution >= 4 is 11.4 Å². The Bertz CT molecular complexity index is 455. The first kappa shape index (κ1) is 11.6. The molecular weight excluding hydrogens is 224 g/mol. The lowest BCUT2D eigenvalue weighted by molar-refractivity contribution is -0.0220. The molecule has 3 nitrogen and oxygen atoms in total. The van der Waals surface area contributed by atoms with E-state index in [0.29, 0.717) is 16.9 Å². The van der Waals surface area contributed by atoms with Gasteiger partial charge in [0.15, 0.2) is 0 Å². The van der Waals surface area contributed by atoms with Crippen LogP contribution in [0.3, 0.4) is 0 Å². The fourth-order valence-corrected chi connectivity index (χ4v) is 1.98. The molecule has 0 aromatic heterocycles. The number of hydrogen-bond acceptors (Lipinski definition) is 3. The lowest BCUT2D eigenvalue weighted by atomic mass is 10.0. The lowest BCUT2D eigenvalue weighted by Gasteiger charge is -2.33. The minimum absolute atomic E-state index is 0.174. The minimum atomic E-state index is -2.58. The Kier molecular flexibility index (Phi) is 2.88. The summed E-state index contributed by atoms with van der Waals surface area (Å²) in [5.41, 5.74) is 7.33. The average molecular weight is 237 g/mol. The van der Waals surface area contributed by atoms with E-state index in [0.717, 1.165) is 0 Å². The highest BCUT2D eigenvalue weighted by atomic mass is 19.3. The topological polar surface area (TPSA) is 53.1 Å². The molecule has 2 rings (SSSR count). The van der Waals surface area contributed by atoms with E-state index in [-0.39, 0.29) is 25.9 Å². The Balaban J connectivity index is 2.24. The zero-order chi connectivity index (χ0) is 12.5. The zero-order valence-corrected chi connectivity index (χ0v) is 9.29. The van der Waals surface area contributed by atoms with Crippen LogP contribution in [0.15, 0.2) is 18.2 Å². The van der Waals surface area contributed by atoms with Gasteiger partial charge in [0.25, 0.3) is 5.92 Å². The summed E-state index contributed by atoms with van der Waals surface area (Å²) in [6.07, 6.45) is -0.348. The van der Waals surface area contributed by atoms with Gasteiger partial charge in [-0.2, -0.15) is 5.26 Å². The molecule has 0 spiro atoms. The Hall–Kier alpha value is -1.83. The van der Waals surface area contributed by atoms with Crippen molar-refractivity contribution in [1.82, 2.24) is 0 Å². The van der Waals surface area contributed by atoms with Crippen LogP contribution in [0.4, 0.5) is 20.2 Å². The standard InChI is InChI=1S/C12H13F2N3/c13-12(14)3-5-17(6-4-12)11-7-10(16)2-1-9(11)8-15/h1-2,7H,3-6,16H2. The maximum absolute atomic E-state index is 13.0. The largest absolute Gasteiger partial charge is 0.399 e. The molecule has 0 radical (unpaired) electrons. The second kappa shape index (κ2) is 4.21. The number of nitrogens with zero attached hydrogens (tertiary/aromatic N) is 2. The van der Waals surface area contributed by atoms with Crippen LogP contribution in [-0.2, 0) is 0 Å². The van der Waals surface area contributed by atoms with E-state index >= 15 is 0 Å². The van der Waals surface area contributed by atoms with E-state index < -0.39 is 5.92 Å². The molecule has 0 unspecified atom stereocenters. The first-order valence-corrected chi connectivity index (χ1v) is 5.44. The fourth-order valence-electron chi connectivity index (χ4n) is 1.98. The maximum atomic E-state index is 13.0. The highest BCUT2D eigenvalue weighted by Gasteiger charge is 2.34. The number of nitriles is 1. The van der Waals surface area contributed by atoms with E-state index in [1.807, 2.05) is 0 Å². The van der Waals surface area contributed by atoms with Crippen LogP contribution in [-0.4, -0.2) is 19.0 Å². The number of halogens is 2. The number of alkyl halides is 2. The van der Waals surface area contributed by atoms with Gasteiger partial charge in [-0.05, 0) is 18.2 Å². The van der Waals surface area contributed by atoms with Gasteiger partial charge in [0, 0.05) is 31.6 Å². The van der Waals surface area contributed by atoms with Gasteiger partial charge in [-0.3, -0.25) is 0 Å². The fraction of sp³-hybridized carbons (Fsp3) is 0.417. The van der Waals surface area contributed by atoms with Crippen LogP contribution >= 0.6 is 0 Å². The van der Waals surface area contributed by atoms with Crippen LogP contribution in [0.2, 0.25) is 0 Å². The third-order valence-corrected chi connectivity index (χ3v) is 2.98. The molecule has 1 aliphatic rings. The van der Waals surface area contributed by atoms with Crippen molar-refractivity contribution in [2.75, 3.05) is 23.7 Å². The molecule has 1 aromatic carbocycles. The number of piperidine rings is 1. The molecule has 0 bridgehead atoms.